The molecule has 0 bridgehead atoms. The molecule has 1 N–H and O–H groups in total. The van der Waals surface area contributed by atoms with Crippen LogP contribution >= 0.6 is 11.6 Å². The largest absolute Gasteiger partial charge is 0.416 e. The normalized spacial score (nSPS) is 23.8. The van der Waals surface area contributed by atoms with E-state index in [0.717, 1.165) is 30.5 Å². The first-order valence-corrected chi connectivity index (χ1v) is 7.49. The second kappa shape index (κ2) is 6.81. The highest BCUT2D eigenvalue weighted by Gasteiger charge is 2.30. The standard InChI is InChI=1S/C15H19ClF3N/c16-9-12-3-1-2-4-14(12)20-10-11-5-7-13(8-6-11)15(17,18)19/h5-8,12,14,20H,1-4,9-10H2. The van der Waals surface area contributed by atoms with Crippen molar-refractivity contribution in [3.8, 4) is 0 Å². The zero-order valence-corrected chi connectivity index (χ0v) is 12.0. The predicted octanol–water partition coefficient (Wildman–Crippen LogP) is 4.59. The summed E-state index contributed by atoms with van der Waals surface area (Å²) in [4.78, 5) is 0. The number of benzene rings is 1. The summed E-state index contributed by atoms with van der Waals surface area (Å²) in [6.45, 7) is 0.593. The van der Waals surface area contributed by atoms with Crippen LogP contribution in [0.1, 0.15) is 36.8 Å². The van der Waals surface area contributed by atoms with Gasteiger partial charge in [-0.1, -0.05) is 25.0 Å². The molecule has 0 aliphatic heterocycles. The van der Waals surface area contributed by atoms with Gasteiger partial charge in [0.05, 0.1) is 5.56 Å². The average Bonchev–Trinajstić information content (AvgIpc) is 2.45. The van der Waals surface area contributed by atoms with Gasteiger partial charge in [0.15, 0.2) is 0 Å². The fourth-order valence-electron chi connectivity index (χ4n) is 2.72. The maximum absolute atomic E-state index is 12.5. The first kappa shape index (κ1) is 15.6. The molecule has 0 amide bonds. The van der Waals surface area contributed by atoms with E-state index in [1.165, 1.54) is 25.0 Å². The Morgan fingerprint density at radius 1 is 1.10 bits per heavy atom. The van der Waals surface area contributed by atoms with E-state index in [0.29, 0.717) is 24.4 Å². The third-order valence-electron chi connectivity index (χ3n) is 3.96. The Morgan fingerprint density at radius 2 is 1.75 bits per heavy atom. The zero-order chi connectivity index (χ0) is 14.6. The Morgan fingerprint density at radius 3 is 2.35 bits per heavy atom. The van der Waals surface area contributed by atoms with Crippen LogP contribution in [-0.4, -0.2) is 11.9 Å². The van der Waals surface area contributed by atoms with Crippen LogP contribution < -0.4 is 5.32 Å². The Bertz CT molecular complexity index is 416. The highest BCUT2D eigenvalue weighted by Crippen LogP contribution is 2.29. The van der Waals surface area contributed by atoms with Gasteiger partial charge in [-0.3, -0.25) is 0 Å². The molecular weight excluding hydrogens is 287 g/mol. The van der Waals surface area contributed by atoms with Crippen LogP contribution in [0.4, 0.5) is 13.2 Å². The number of hydrogen-bond acceptors (Lipinski definition) is 1. The number of rotatable bonds is 4. The molecule has 2 atom stereocenters. The summed E-state index contributed by atoms with van der Waals surface area (Å²) in [6, 6.07) is 5.72. The maximum atomic E-state index is 12.5. The number of halogens is 4. The van der Waals surface area contributed by atoms with Crippen LogP contribution in [-0.2, 0) is 12.7 Å². The summed E-state index contributed by atoms with van der Waals surface area (Å²) in [6.07, 6.45) is 0.374. The lowest BCUT2D eigenvalue weighted by molar-refractivity contribution is -0.137. The van der Waals surface area contributed by atoms with Gasteiger partial charge in [-0.05, 0) is 36.5 Å². The van der Waals surface area contributed by atoms with E-state index in [1.807, 2.05) is 0 Å². The highest BCUT2D eigenvalue weighted by molar-refractivity contribution is 6.18. The molecule has 0 spiro atoms. The van der Waals surface area contributed by atoms with Crippen molar-refractivity contribution in [2.75, 3.05) is 5.88 Å². The molecule has 0 saturated heterocycles. The van der Waals surface area contributed by atoms with Gasteiger partial charge in [-0.15, -0.1) is 11.6 Å². The molecule has 1 aliphatic carbocycles. The summed E-state index contributed by atoms with van der Waals surface area (Å²) in [7, 11) is 0. The van der Waals surface area contributed by atoms with Gasteiger partial charge in [-0.2, -0.15) is 13.2 Å². The summed E-state index contributed by atoms with van der Waals surface area (Å²) in [5, 5.41) is 3.43. The summed E-state index contributed by atoms with van der Waals surface area (Å²) >= 11 is 5.96. The van der Waals surface area contributed by atoms with Crippen molar-refractivity contribution in [3.63, 3.8) is 0 Å². The molecule has 112 valence electrons. The Balaban J connectivity index is 1.90. The van der Waals surface area contributed by atoms with E-state index < -0.39 is 11.7 Å². The smallest absolute Gasteiger partial charge is 0.310 e. The number of hydrogen-bond donors (Lipinski definition) is 1. The molecule has 2 unspecified atom stereocenters. The van der Waals surface area contributed by atoms with E-state index in [2.05, 4.69) is 5.32 Å². The van der Waals surface area contributed by atoms with Crippen LogP contribution in [0.15, 0.2) is 24.3 Å². The lowest BCUT2D eigenvalue weighted by Gasteiger charge is -2.31. The molecule has 1 fully saturated rings. The molecule has 1 aromatic rings. The van der Waals surface area contributed by atoms with Gasteiger partial charge in [0, 0.05) is 18.5 Å². The van der Waals surface area contributed by atoms with Crippen molar-refractivity contribution in [3.05, 3.63) is 35.4 Å². The van der Waals surface area contributed by atoms with Gasteiger partial charge in [0.2, 0.25) is 0 Å². The predicted molar refractivity (Wildman–Crippen MR) is 74.7 cm³/mol. The van der Waals surface area contributed by atoms with Crippen LogP contribution in [0.5, 0.6) is 0 Å². The first-order valence-electron chi connectivity index (χ1n) is 6.96. The minimum Gasteiger partial charge on any atom is -0.310 e. The Kier molecular flexibility index (Phi) is 5.33. The Hall–Kier alpha value is -0.740. The molecule has 2 rings (SSSR count). The molecule has 1 aliphatic rings. The summed E-state index contributed by atoms with van der Waals surface area (Å²) < 4.78 is 37.4. The third-order valence-corrected chi connectivity index (χ3v) is 4.35. The molecule has 1 nitrogen and oxygen atoms in total. The van der Waals surface area contributed by atoms with E-state index in [1.54, 1.807) is 0 Å². The summed E-state index contributed by atoms with van der Waals surface area (Å²) in [5.74, 6) is 1.12. The summed E-state index contributed by atoms with van der Waals surface area (Å²) in [5.41, 5.74) is 0.273. The van der Waals surface area contributed by atoms with Crippen molar-refractivity contribution < 1.29 is 13.2 Å². The molecular formula is C15H19ClF3N. The van der Waals surface area contributed by atoms with Gasteiger partial charge < -0.3 is 5.32 Å². The third kappa shape index (κ3) is 4.13. The minimum absolute atomic E-state index is 0.378. The monoisotopic (exact) mass is 305 g/mol. The van der Waals surface area contributed by atoms with E-state index in [9.17, 15) is 13.2 Å². The minimum atomic E-state index is -4.26. The molecule has 1 aromatic carbocycles. The maximum Gasteiger partial charge on any atom is 0.416 e. The first-order chi connectivity index (χ1) is 9.50. The number of alkyl halides is 4. The lowest BCUT2D eigenvalue weighted by atomic mass is 9.85. The topological polar surface area (TPSA) is 12.0 Å². The fourth-order valence-corrected chi connectivity index (χ4v) is 3.09. The molecule has 5 heteroatoms. The number of nitrogens with one attached hydrogen (secondary N) is 1. The van der Waals surface area contributed by atoms with E-state index >= 15 is 0 Å². The van der Waals surface area contributed by atoms with Gasteiger partial charge >= 0.3 is 6.18 Å². The zero-order valence-electron chi connectivity index (χ0n) is 11.2. The lowest BCUT2D eigenvalue weighted by Crippen LogP contribution is -2.38. The van der Waals surface area contributed by atoms with Crippen molar-refractivity contribution in [1.29, 1.82) is 0 Å². The van der Waals surface area contributed by atoms with Crippen molar-refractivity contribution in [2.45, 2.75) is 44.4 Å². The molecule has 0 aromatic heterocycles. The SMILES string of the molecule is FC(F)(F)c1ccc(CNC2CCCCC2CCl)cc1. The molecule has 0 heterocycles. The van der Waals surface area contributed by atoms with Crippen LogP contribution in [0, 0.1) is 5.92 Å². The fraction of sp³-hybridized carbons (Fsp3) is 0.600. The van der Waals surface area contributed by atoms with Crippen LogP contribution in [0.25, 0.3) is 0 Å². The Labute approximate surface area is 122 Å². The van der Waals surface area contributed by atoms with Gasteiger partial charge in [0.1, 0.15) is 0 Å². The second-order valence-corrected chi connectivity index (χ2v) is 5.69. The van der Waals surface area contributed by atoms with Crippen LogP contribution in [0.3, 0.4) is 0 Å². The molecule has 20 heavy (non-hydrogen) atoms. The van der Waals surface area contributed by atoms with E-state index in [4.69, 9.17) is 11.6 Å². The van der Waals surface area contributed by atoms with E-state index in [-0.39, 0.29) is 0 Å². The quantitative estimate of drug-likeness (QED) is 0.802. The second-order valence-electron chi connectivity index (χ2n) is 5.38. The molecule has 1 saturated carbocycles. The van der Waals surface area contributed by atoms with Gasteiger partial charge in [-0.25, -0.2) is 0 Å². The van der Waals surface area contributed by atoms with Crippen molar-refractivity contribution in [1.82, 2.24) is 5.32 Å². The van der Waals surface area contributed by atoms with Gasteiger partial charge in [0.25, 0.3) is 0 Å². The molecule has 0 radical (unpaired) electrons. The average molecular weight is 306 g/mol. The van der Waals surface area contributed by atoms with Crippen molar-refractivity contribution in [2.24, 2.45) is 5.92 Å². The van der Waals surface area contributed by atoms with Crippen LogP contribution in [0.2, 0.25) is 0 Å². The highest BCUT2D eigenvalue weighted by atomic mass is 35.5. The van der Waals surface area contributed by atoms with Crippen molar-refractivity contribution >= 4 is 11.6 Å².